The van der Waals surface area contributed by atoms with E-state index in [-0.39, 0.29) is 0 Å². The van der Waals surface area contributed by atoms with Crippen LogP contribution in [0.5, 0.6) is 0 Å². The molecule has 0 amide bonds. The van der Waals surface area contributed by atoms with Gasteiger partial charge in [0.25, 0.3) is 0 Å². The lowest BCUT2D eigenvalue weighted by atomic mass is 10.4. The Balaban J connectivity index is 2.97. The van der Waals surface area contributed by atoms with Gasteiger partial charge in [-0.2, -0.15) is 0 Å². The van der Waals surface area contributed by atoms with E-state index in [4.69, 9.17) is 0 Å². The normalized spacial score (nSPS) is 11.1. The predicted octanol–water partition coefficient (Wildman–Crippen LogP) is 2.85. The molecule has 0 saturated heterocycles. The number of hydrogen-bond donors (Lipinski definition) is 0. The average molecular weight is 511 g/mol. The third-order valence-corrected chi connectivity index (χ3v) is 3.87. The van der Waals surface area contributed by atoms with Crippen molar-refractivity contribution in [3.8, 4) is 0 Å². The maximum atomic E-state index is 4.38. The van der Waals surface area contributed by atoms with Gasteiger partial charge in [0.05, 0.1) is 5.52 Å². The first-order chi connectivity index (χ1) is 6.09. The van der Waals surface area contributed by atoms with E-state index in [0.717, 1.165) is 22.6 Å². The quantitative estimate of drug-likeness (QED) is 0.403. The number of fused-ring (bicyclic) bond motifs is 1. The van der Waals surface area contributed by atoms with Gasteiger partial charge in [-0.15, -0.1) is 0 Å². The highest BCUT2D eigenvalue weighted by Crippen LogP contribution is 2.19. The molecule has 0 bridgehead atoms. The third kappa shape index (κ3) is 1.80. The van der Waals surface area contributed by atoms with E-state index >= 15 is 0 Å². The van der Waals surface area contributed by atoms with Gasteiger partial charge in [0.2, 0.25) is 0 Å². The van der Waals surface area contributed by atoms with Gasteiger partial charge in [0.15, 0.2) is 7.66 Å². The van der Waals surface area contributed by atoms with Crippen molar-refractivity contribution in [3.05, 3.63) is 23.1 Å². The van der Waals surface area contributed by atoms with Crippen molar-refractivity contribution in [1.29, 1.82) is 0 Å². The number of nitrogens with zero attached hydrogens (tertiary/aromatic N) is 3. The molecule has 0 saturated carbocycles. The second-order valence-electron chi connectivity index (χ2n) is 2.56. The summed E-state index contributed by atoms with van der Waals surface area (Å²) in [5.41, 5.74) is 2.17. The molecule has 0 aliphatic heterocycles. The molecule has 0 fully saturated rings. The summed E-state index contributed by atoms with van der Waals surface area (Å²) in [7, 11) is 0. The molecule has 68 valence electrons. The SMILES string of the molecule is Cc1cc2c(I)nc(I)n2c(I)n1. The molecule has 0 N–H and O–H groups in total. The van der Waals surface area contributed by atoms with Crippen molar-refractivity contribution in [3.63, 3.8) is 0 Å². The minimum Gasteiger partial charge on any atom is -0.266 e. The molecule has 0 aromatic carbocycles. The smallest absolute Gasteiger partial charge is 0.179 e. The summed E-state index contributed by atoms with van der Waals surface area (Å²) in [5.74, 6) is 0. The number of imidazole rings is 1. The highest BCUT2D eigenvalue weighted by Gasteiger charge is 2.10. The van der Waals surface area contributed by atoms with Crippen LogP contribution >= 0.6 is 67.8 Å². The van der Waals surface area contributed by atoms with Crippen molar-refractivity contribution >= 4 is 73.3 Å². The molecule has 2 heterocycles. The first-order valence-electron chi connectivity index (χ1n) is 3.46. The second kappa shape index (κ2) is 3.76. The van der Waals surface area contributed by atoms with E-state index in [1.807, 2.05) is 6.92 Å². The first kappa shape index (κ1) is 10.3. The number of aromatic nitrogens is 3. The maximum Gasteiger partial charge on any atom is 0.179 e. The van der Waals surface area contributed by atoms with Crippen LogP contribution in [-0.4, -0.2) is 14.4 Å². The molecule has 2 aromatic heterocycles. The van der Waals surface area contributed by atoms with Crippen LogP contribution in [0, 0.1) is 18.3 Å². The van der Waals surface area contributed by atoms with Crippen LogP contribution in [0.4, 0.5) is 0 Å². The van der Waals surface area contributed by atoms with Gasteiger partial charge < -0.3 is 0 Å². The highest BCUT2D eigenvalue weighted by molar-refractivity contribution is 14.1. The maximum absolute atomic E-state index is 4.38. The van der Waals surface area contributed by atoms with Gasteiger partial charge in [-0.05, 0) is 35.6 Å². The minimum atomic E-state index is 0.965. The van der Waals surface area contributed by atoms with Crippen molar-refractivity contribution < 1.29 is 0 Å². The highest BCUT2D eigenvalue weighted by atomic mass is 127. The fourth-order valence-corrected chi connectivity index (χ4v) is 4.25. The van der Waals surface area contributed by atoms with Gasteiger partial charge >= 0.3 is 0 Å². The Morgan fingerprint density at radius 2 is 1.77 bits per heavy atom. The Kier molecular flexibility index (Phi) is 2.99. The summed E-state index contributed by atoms with van der Waals surface area (Å²) in [6, 6.07) is 2.05. The number of aryl methyl sites for hydroxylation is 1. The van der Waals surface area contributed by atoms with Crippen LogP contribution in [0.2, 0.25) is 0 Å². The summed E-state index contributed by atoms with van der Waals surface area (Å²) in [5, 5.41) is 0. The summed E-state index contributed by atoms with van der Waals surface area (Å²) in [4.78, 5) is 8.76. The Morgan fingerprint density at radius 1 is 1.15 bits per heavy atom. The molecule has 0 unspecified atom stereocenters. The standard InChI is InChI=1S/C7H4I3N3/c1-3-2-4-5(8)12-7(10)13(4)6(9)11-3/h2H,1H3. The van der Waals surface area contributed by atoms with E-state index in [2.05, 4.69) is 88.2 Å². The Bertz CT molecular complexity index is 477. The van der Waals surface area contributed by atoms with Gasteiger partial charge in [0.1, 0.15) is 3.70 Å². The van der Waals surface area contributed by atoms with Crippen molar-refractivity contribution in [2.24, 2.45) is 0 Å². The molecule has 0 aliphatic carbocycles. The van der Waals surface area contributed by atoms with Crippen molar-refractivity contribution in [2.45, 2.75) is 6.92 Å². The lowest BCUT2D eigenvalue weighted by molar-refractivity contribution is 0.963. The molecule has 0 radical (unpaired) electrons. The van der Waals surface area contributed by atoms with Crippen LogP contribution in [0.1, 0.15) is 5.69 Å². The fraction of sp³-hybridized carbons (Fsp3) is 0.143. The zero-order valence-corrected chi connectivity index (χ0v) is 13.0. The first-order valence-corrected chi connectivity index (χ1v) is 6.70. The van der Waals surface area contributed by atoms with E-state index in [1.165, 1.54) is 0 Å². The molecular weight excluding hydrogens is 507 g/mol. The van der Waals surface area contributed by atoms with Crippen LogP contribution in [0.3, 0.4) is 0 Å². The van der Waals surface area contributed by atoms with Gasteiger partial charge in [-0.1, -0.05) is 0 Å². The van der Waals surface area contributed by atoms with E-state index in [9.17, 15) is 0 Å². The second-order valence-corrected chi connectivity index (χ2v) is 5.51. The Morgan fingerprint density at radius 3 is 2.46 bits per heavy atom. The molecule has 6 heteroatoms. The molecule has 0 atom stereocenters. The minimum absolute atomic E-state index is 0.965. The Hall–Kier alpha value is 0.810. The van der Waals surface area contributed by atoms with E-state index in [1.54, 1.807) is 0 Å². The summed E-state index contributed by atoms with van der Waals surface area (Å²) in [6.45, 7) is 2.00. The van der Waals surface area contributed by atoms with E-state index in [0.29, 0.717) is 0 Å². The van der Waals surface area contributed by atoms with Gasteiger partial charge in [-0.25, -0.2) is 9.97 Å². The van der Waals surface area contributed by atoms with Gasteiger partial charge in [0, 0.05) is 50.9 Å². The lowest BCUT2D eigenvalue weighted by Crippen LogP contribution is -1.98. The van der Waals surface area contributed by atoms with E-state index < -0.39 is 0 Å². The topological polar surface area (TPSA) is 30.2 Å². The van der Waals surface area contributed by atoms with Crippen molar-refractivity contribution in [1.82, 2.24) is 14.4 Å². The largest absolute Gasteiger partial charge is 0.266 e. The summed E-state index contributed by atoms with van der Waals surface area (Å²) in [6.07, 6.45) is 0. The molecule has 0 spiro atoms. The van der Waals surface area contributed by atoms with Crippen LogP contribution in [0.15, 0.2) is 6.07 Å². The molecule has 3 nitrogen and oxygen atoms in total. The Labute approximate surface area is 116 Å². The molecule has 13 heavy (non-hydrogen) atoms. The molecule has 0 aliphatic rings. The lowest BCUT2D eigenvalue weighted by Gasteiger charge is -2.00. The fourth-order valence-electron chi connectivity index (χ4n) is 1.11. The zero-order chi connectivity index (χ0) is 9.59. The van der Waals surface area contributed by atoms with Gasteiger partial charge in [-0.3, -0.25) is 4.40 Å². The van der Waals surface area contributed by atoms with Crippen LogP contribution in [-0.2, 0) is 0 Å². The van der Waals surface area contributed by atoms with Crippen molar-refractivity contribution in [2.75, 3.05) is 0 Å². The number of rotatable bonds is 0. The van der Waals surface area contributed by atoms with Crippen LogP contribution in [0.25, 0.3) is 5.52 Å². The summed E-state index contributed by atoms with van der Waals surface area (Å²) >= 11 is 6.69. The average Bonchev–Trinajstić information content (AvgIpc) is 2.27. The molecule has 2 aromatic rings. The monoisotopic (exact) mass is 511 g/mol. The zero-order valence-electron chi connectivity index (χ0n) is 6.55. The molecular formula is C7H4I3N3. The summed E-state index contributed by atoms with van der Waals surface area (Å²) < 4.78 is 5.02. The number of hydrogen-bond acceptors (Lipinski definition) is 2. The third-order valence-electron chi connectivity index (χ3n) is 1.63. The van der Waals surface area contributed by atoms with Crippen LogP contribution < -0.4 is 0 Å². The predicted molar refractivity (Wildman–Crippen MR) is 75.9 cm³/mol. The number of halogens is 3. The molecule has 2 rings (SSSR count).